The van der Waals surface area contributed by atoms with Crippen molar-refractivity contribution in [1.29, 1.82) is 0 Å². The second-order valence-electron chi connectivity index (χ2n) is 9.41. The summed E-state index contributed by atoms with van der Waals surface area (Å²) in [5.74, 6) is -6.03. The van der Waals surface area contributed by atoms with Gasteiger partial charge in [0.2, 0.25) is 0 Å². The number of hydrogen-bond donors (Lipinski definition) is 3. The Bertz CT molecular complexity index is 968. The summed E-state index contributed by atoms with van der Waals surface area (Å²) in [4.78, 5) is 40.5. The van der Waals surface area contributed by atoms with E-state index in [1.54, 1.807) is 19.6 Å². The molecule has 0 aliphatic carbocycles. The van der Waals surface area contributed by atoms with Crippen LogP contribution < -0.4 is 4.90 Å². The van der Waals surface area contributed by atoms with E-state index in [4.69, 9.17) is 0 Å². The van der Waals surface area contributed by atoms with Crippen LogP contribution in [-0.4, -0.2) is 126 Å². The van der Waals surface area contributed by atoms with E-state index in [0.29, 0.717) is 0 Å². The molecule has 1 fully saturated rings. The molecule has 1 radical (unpaired) electrons. The fourth-order valence-electron chi connectivity index (χ4n) is 4.28. The molecular weight excluding hydrogens is 655 g/mol. The van der Waals surface area contributed by atoms with Crippen molar-refractivity contribution in [2.45, 2.75) is 25.9 Å². The summed E-state index contributed by atoms with van der Waals surface area (Å²) in [6.45, 7) is 2.68. The van der Waals surface area contributed by atoms with Gasteiger partial charge in [-0.3, -0.25) is 29.1 Å². The number of carboxylic acid groups (broad SMARTS) is 3. The summed E-state index contributed by atoms with van der Waals surface area (Å²) in [5.41, 5.74) is 0.0828. The van der Waals surface area contributed by atoms with Gasteiger partial charge >= 0.3 is 24.1 Å². The van der Waals surface area contributed by atoms with Gasteiger partial charge in [0.15, 0.2) is 0 Å². The van der Waals surface area contributed by atoms with Crippen molar-refractivity contribution in [3.8, 4) is 0 Å². The third-order valence-corrected chi connectivity index (χ3v) is 6.58. The Balaban J connectivity index is 0.00000760. The van der Waals surface area contributed by atoms with Crippen molar-refractivity contribution < 1.29 is 82.9 Å². The number of rotatable bonds is 8. The van der Waals surface area contributed by atoms with E-state index in [1.165, 1.54) is 13.0 Å². The normalized spacial score (nSPS) is 17.9. The van der Waals surface area contributed by atoms with E-state index in [9.17, 15) is 47.3 Å². The molecule has 2 rings (SSSR count). The summed E-state index contributed by atoms with van der Waals surface area (Å²) in [6, 6.07) is 2.14. The first kappa shape index (κ1) is 35.3. The number of carboxylic acids is 3. The minimum Gasteiger partial charge on any atom is -0.480 e. The van der Waals surface area contributed by atoms with Gasteiger partial charge in [-0.2, -0.15) is 13.2 Å². The summed E-state index contributed by atoms with van der Waals surface area (Å²) < 4.78 is 55.0. The Hall–Kier alpha value is -1.78. The molecule has 0 amide bonds. The largest absolute Gasteiger partial charge is 0.480 e. The second kappa shape index (κ2) is 15.9. The van der Waals surface area contributed by atoms with Crippen LogP contribution in [0.15, 0.2) is 12.1 Å². The molecule has 39 heavy (non-hydrogen) atoms. The Morgan fingerprint density at radius 2 is 1.15 bits per heavy atom. The number of carbonyl (C=O) groups is 3. The van der Waals surface area contributed by atoms with Crippen molar-refractivity contribution in [1.82, 2.24) is 14.7 Å². The molecule has 3 N–H and O–H groups in total. The maximum absolute atomic E-state index is 14.8. The van der Waals surface area contributed by atoms with Gasteiger partial charge in [-0.05, 0) is 31.5 Å². The summed E-state index contributed by atoms with van der Waals surface area (Å²) in [5, 5.41) is 27.9. The molecule has 1 heterocycles. The zero-order valence-corrected chi connectivity index (χ0v) is 25.6. The predicted octanol–water partition coefficient (Wildman–Crippen LogP) is 1.78. The van der Waals surface area contributed by atoms with Gasteiger partial charge in [-0.25, -0.2) is 4.39 Å². The molecule has 1 aliphatic heterocycles. The number of hydrogen-bond acceptors (Lipinski definition) is 7. The van der Waals surface area contributed by atoms with Crippen molar-refractivity contribution in [2.75, 3.05) is 76.9 Å². The van der Waals surface area contributed by atoms with Gasteiger partial charge in [-0.1, -0.05) is 0 Å². The van der Waals surface area contributed by atoms with Gasteiger partial charge in [-0.15, -0.1) is 0 Å². The van der Waals surface area contributed by atoms with Gasteiger partial charge in [0, 0.05) is 99.2 Å². The van der Waals surface area contributed by atoms with E-state index in [1.807, 2.05) is 0 Å². The van der Waals surface area contributed by atoms with Crippen molar-refractivity contribution in [3.05, 3.63) is 29.1 Å². The maximum Gasteiger partial charge on any atom is 0.395 e. The summed E-state index contributed by atoms with van der Waals surface area (Å²) in [7, 11) is 0. The van der Waals surface area contributed by atoms with Crippen LogP contribution in [0.5, 0.6) is 0 Å². The first-order valence-corrected chi connectivity index (χ1v) is 12.1. The molecule has 0 spiro atoms. The molecule has 0 aromatic heterocycles. The van der Waals surface area contributed by atoms with Gasteiger partial charge in [0.1, 0.15) is 5.82 Å². The fourth-order valence-corrected chi connectivity index (χ4v) is 4.28. The van der Waals surface area contributed by atoms with Crippen molar-refractivity contribution in [3.63, 3.8) is 0 Å². The maximum atomic E-state index is 14.8. The molecule has 1 atom stereocenters. The second-order valence-corrected chi connectivity index (χ2v) is 9.41. The van der Waals surface area contributed by atoms with Crippen LogP contribution >= 0.6 is 0 Å². The van der Waals surface area contributed by atoms with Crippen LogP contribution in [0.1, 0.15) is 24.0 Å². The molecule has 15 heteroatoms. The Kier molecular flexibility index (Phi) is 14.3. The summed E-state index contributed by atoms with van der Waals surface area (Å²) in [6.07, 6.45) is -4.58. The molecule has 0 bridgehead atoms. The zero-order chi connectivity index (χ0) is 28.6. The quantitative estimate of drug-likeness (QED) is 0.348. The monoisotopic (exact) mass is 689 g/mol. The molecule has 1 aliphatic rings. The van der Waals surface area contributed by atoms with E-state index in [2.05, 4.69) is 0 Å². The standard InChI is InChI=1S/C24H34F4N4O6.La/c1-16-19(25)11-18(17(2)24(26,27)28)12-20(16)32-9-7-30(14-22(35)36)5-3-29(13-21(33)34)4-6-31(8-10-32)15-23(37)38;/h11-12,17H,3-10,13-15H2,1-2H3,(H,33,34)(H,35,36)(H,37,38);. The molecule has 217 valence electrons. The molecule has 0 saturated carbocycles. The van der Waals surface area contributed by atoms with Crippen LogP contribution in [-0.2, 0) is 14.4 Å². The topological polar surface area (TPSA) is 125 Å². The molecular formula is C24H34F4LaN4O6. The average Bonchev–Trinajstić information content (AvgIpc) is 2.79. The third kappa shape index (κ3) is 11.7. The number of anilines is 1. The van der Waals surface area contributed by atoms with Gasteiger partial charge in [0.05, 0.1) is 25.6 Å². The number of nitrogens with zero attached hydrogens (tertiary/aromatic N) is 4. The minimum absolute atomic E-state index is 0. The van der Waals surface area contributed by atoms with Crippen LogP contribution in [0.4, 0.5) is 23.2 Å². The Labute approximate surface area is 252 Å². The Morgan fingerprint density at radius 1 is 0.795 bits per heavy atom. The van der Waals surface area contributed by atoms with Gasteiger partial charge < -0.3 is 20.2 Å². The molecule has 1 saturated heterocycles. The van der Waals surface area contributed by atoms with Crippen LogP contribution in [0, 0.1) is 48.3 Å². The number of halogens is 4. The van der Waals surface area contributed by atoms with Crippen molar-refractivity contribution in [2.24, 2.45) is 0 Å². The Morgan fingerprint density at radius 3 is 1.49 bits per heavy atom. The SMILES string of the molecule is Cc1c(F)cc(C(C)C(F)(F)F)cc1N1CCN(CC(=O)O)CCN(CC(=O)O)CCN(CC(=O)O)CC1.[La]. The molecule has 10 nitrogen and oxygen atoms in total. The van der Waals surface area contributed by atoms with Crippen LogP contribution in [0.3, 0.4) is 0 Å². The fraction of sp³-hybridized carbons (Fsp3) is 0.625. The van der Waals surface area contributed by atoms with E-state index < -0.39 is 35.8 Å². The van der Waals surface area contributed by atoms with E-state index >= 15 is 0 Å². The summed E-state index contributed by atoms with van der Waals surface area (Å²) >= 11 is 0. The molecule has 1 unspecified atom stereocenters. The van der Waals surface area contributed by atoms with Crippen LogP contribution in [0.25, 0.3) is 0 Å². The molecule has 1 aromatic rings. The third-order valence-electron chi connectivity index (χ3n) is 6.58. The molecule has 1 aromatic carbocycles. The number of alkyl halides is 3. The minimum atomic E-state index is -4.58. The average molecular weight is 689 g/mol. The van der Waals surface area contributed by atoms with Crippen LogP contribution in [0.2, 0.25) is 0 Å². The number of aliphatic carboxylic acids is 3. The predicted molar refractivity (Wildman–Crippen MR) is 130 cm³/mol. The number of benzene rings is 1. The van der Waals surface area contributed by atoms with Crippen molar-refractivity contribution >= 4 is 23.6 Å². The first-order valence-electron chi connectivity index (χ1n) is 12.1. The van der Waals surface area contributed by atoms with E-state index in [0.717, 1.165) is 13.0 Å². The first-order chi connectivity index (χ1) is 17.7. The zero-order valence-electron chi connectivity index (χ0n) is 22.0. The smallest absolute Gasteiger partial charge is 0.395 e. The van der Waals surface area contributed by atoms with Gasteiger partial charge in [0.25, 0.3) is 0 Å². The van der Waals surface area contributed by atoms with E-state index in [-0.39, 0.29) is 124 Å².